The van der Waals surface area contributed by atoms with Crippen molar-refractivity contribution in [2.24, 2.45) is 16.4 Å². The van der Waals surface area contributed by atoms with Crippen molar-refractivity contribution >= 4 is 35.6 Å². The first-order valence-electron chi connectivity index (χ1n) is 13.8. The molecule has 0 spiro atoms. The van der Waals surface area contributed by atoms with Crippen LogP contribution in [0.1, 0.15) is 64.9 Å². The van der Waals surface area contributed by atoms with Crippen LogP contribution in [-0.2, 0) is 14.4 Å². The summed E-state index contributed by atoms with van der Waals surface area (Å²) in [6, 6.07) is 1.42. The average molecular weight is 570 g/mol. The molecule has 1 aliphatic rings. The molecular weight excluding hydrogens is 526 g/mol. The molecular formula is C29H43N7O5. The van der Waals surface area contributed by atoms with Crippen LogP contribution < -0.4 is 21.4 Å². The van der Waals surface area contributed by atoms with Gasteiger partial charge in [0.25, 0.3) is 5.91 Å². The number of urea groups is 1. The molecule has 4 amide bonds. The van der Waals surface area contributed by atoms with E-state index in [1.807, 2.05) is 34.6 Å². The van der Waals surface area contributed by atoms with Gasteiger partial charge in [-0.1, -0.05) is 46.8 Å². The Hall–Kier alpha value is -4.09. The van der Waals surface area contributed by atoms with Crippen LogP contribution in [0.2, 0.25) is 0 Å². The predicted molar refractivity (Wildman–Crippen MR) is 156 cm³/mol. The van der Waals surface area contributed by atoms with E-state index in [1.54, 1.807) is 23.1 Å². The molecule has 4 unspecified atom stereocenters. The van der Waals surface area contributed by atoms with Gasteiger partial charge in [-0.05, 0) is 43.2 Å². The highest BCUT2D eigenvalue weighted by Gasteiger charge is 2.40. The highest BCUT2D eigenvalue weighted by molar-refractivity contribution is 6.38. The monoisotopic (exact) mass is 569 g/mol. The second kappa shape index (κ2) is 15.1. The van der Waals surface area contributed by atoms with E-state index in [2.05, 4.69) is 38.0 Å². The van der Waals surface area contributed by atoms with Gasteiger partial charge >= 0.3 is 6.03 Å². The molecule has 4 atom stereocenters. The number of hydrogen-bond donors (Lipinski definition) is 4. The minimum atomic E-state index is -0.892. The fraction of sp³-hybridized carbons (Fsp3) is 0.552. The van der Waals surface area contributed by atoms with Crippen molar-refractivity contribution in [2.45, 2.75) is 78.6 Å². The Morgan fingerprint density at radius 1 is 1.15 bits per heavy atom. The Balaban J connectivity index is 2.09. The summed E-state index contributed by atoms with van der Waals surface area (Å²) in [5.41, 5.74) is 2.26. The van der Waals surface area contributed by atoms with Crippen LogP contribution in [0.15, 0.2) is 42.2 Å². The van der Waals surface area contributed by atoms with Crippen LogP contribution in [0.25, 0.3) is 0 Å². The number of nitrogens with zero attached hydrogens (tertiary/aromatic N) is 3. The second-order valence-corrected chi connectivity index (χ2v) is 11.5. The predicted octanol–water partition coefficient (Wildman–Crippen LogP) is 1.83. The Bertz CT molecular complexity index is 1130. The molecule has 4 N–H and O–H groups in total. The fourth-order valence-electron chi connectivity index (χ4n) is 4.30. The Labute approximate surface area is 241 Å². The van der Waals surface area contributed by atoms with E-state index < -0.39 is 41.3 Å². The summed E-state index contributed by atoms with van der Waals surface area (Å²) in [5, 5.41) is 12.1. The molecule has 2 heterocycles. The normalized spacial score (nSPS) is 17.4. The largest absolute Gasteiger partial charge is 0.346 e. The molecule has 224 valence electrons. The van der Waals surface area contributed by atoms with Crippen molar-refractivity contribution in [3.8, 4) is 0 Å². The molecule has 0 bridgehead atoms. The van der Waals surface area contributed by atoms with Gasteiger partial charge in [-0.3, -0.25) is 29.6 Å². The Morgan fingerprint density at radius 2 is 1.85 bits per heavy atom. The lowest BCUT2D eigenvalue weighted by Crippen LogP contribution is -2.59. The molecule has 1 saturated heterocycles. The molecule has 1 aromatic rings. The van der Waals surface area contributed by atoms with Crippen molar-refractivity contribution in [3.05, 3.63) is 42.7 Å². The summed E-state index contributed by atoms with van der Waals surface area (Å²) in [4.78, 5) is 69.6. The van der Waals surface area contributed by atoms with E-state index in [-0.39, 0.29) is 35.9 Å². The van der Waals surface area contributed by atoms with E-state index in [4.69, 9.17) is 0 Å². The van der Waals surface area contributed by atoms with Gasteiger partial charge in [0.2, 0.25) is 17.5 Å². The first-order chi connectivity index (χ1) is 19.3. The maximum Gasteiger partial charge on any atom is 0.316 e. The zero-order valence-corrected chi connectivity index (χ0v) is 24.8. The highest BCUT2D eigenvalue weighted by Crippen LogP contribution is 2.25. The van der Waals surface area contributed by atoms with E-state index in [9.17, 15) is 24.0 Å². The summed E-state index contributed by atoms with van der Waals surface area (Å²) in [7, 11) is 0. The van der Waals surface area contributed by atoms with Crippen molar-refractivity contribution < 1.29 is 24.0 Å². The van der Waals surface area contributed by atoms with Crippen LogP contribution in [-0.4, -0.2) is 82.8 Å². The molecule has 0 aromatic carbocycles. The second-order valence-electron chi connectivity index (χ2n) is 11.5. The number of Topliss-reactive ketones (excluding diaryl/α,β-unsaturated/α-hetero) is 2. The lowest BCUT2D eigenvalue weighted by molar-refractivity contribution is -0.138. The number of hydrazone groups is 1. The first-order valence-corrected chi connectivity index (χ1v) is 13.8. The number of rotatable bonds is 13. The highest BCUT2D eigenvalue weighted by atomic mass is 16.2. The lowest BCUT2D eigenvalue weighted by Gasteiger charge is -2.35. The minimum Gasteiger partial charge on any atom is -0.346 e. The number of ketones is 2. The molecule has 12 heteroatoms. The minimum absolute atomic E-state index is 0.180. The summed E-state index contributed by atoms with van der Waals surface area (Å²) in [6.07, 6.45) is 5.91. The van der Waals surface area contributed by atoms with Gasteiger partial charge < -0.3 is 20.9 Å². The molecule has 1 aromatic heterocycles. The molecule has 41 heavy (non-hydrogen) atoms. The third-order valence-corrected chi connectivity index (χ3v) is 6.66. The third-order valence-electron chi connectivity index (χ3n) is 6.66. The third kappa shape index (κ3) is 9.51. The average Bonchev–Trinajstić information content (AvgIpc) is 3.40. The van der Waals surface area contributed by atoms with Crippen LogP contribution >= 0.6 is 0 Å². The summed E-state index contributed by atoms with van der Waals surface area (Å²) >= 11 is 0. The smallest absolute Gasteiger partial charge is 0.316 e. The maximum atomic E-state index is 13.7. The summed E-state index contributed by atoms with van der Waals surface area (Å²) in [6.45, 7) is 14.8. The van der Waals surface area contributed by atoms with Crippen LogP contribution in [0, 0.1) is 11.3 Å². The number of pyridine rings is 1. The zero-order chi connectivity index (χ0) is 30.7. The van der Waals surface area contributed by atoms with E-state index in [0.717, 1.165) is 6.42 Å². The zero-order valence-electron chi connectivity index (χ0n) is 24.8. The molecule has 0 radical (unpaired) electrons. The Morgan fingerprint density at radius 3 is 2.44 bits per heavy atom. The summed E-state index contributed by atoms with van der Waals surface area (Å²) in [5.74, 6) is -2.23. The number of carbonyl (C=O) groups excluding carboxylic acids is 5. The number of amides is 4. The van der Waals surface area contributed by atoms with Gasteiger partial charge in [0.05, 0.1) is 12.1 Å². The molecule has 1 fully saturated rings. The number of hydrogen-bond acceptors (Lipinski definition) is 8. The topological polar surface area (TPSA) is 162 Å². The Kier molecular flexibility index (Phi) is 12.2. The van der Waals surface area contributed by atoms with Crippen LogP contribution in [0.3, 0.4) is 0 Å². The molecule has 2 rings (SSSR count). The van der Waals surface area contributed by atoms with Gasteiger partial charge in [-0.25, -0.2) is 4.79 Å². The van der Waals surface area contributed by atoms with Crippen LogP contribution in [0.4, 0.5) is 4.79 Å². The van der Waals surface area contributed by atoms with E-state index >= 15 is 0 Å². The van der Waals surface area contributed by atoms with Gasteiger partial charge in [-0.15, -0.1) is 6.58 Å². The van der Waals surface area contributed by atoms with Crippen molar-refractivity contribution in [1.82, 2.24) is 31.3 Å². The molecule has 0 saturated carbocycles. The van der Waals surface area contributed by atoms with Gasteiger partial charge in [0, 0.05) is 25.5 Å². The number of likely N-dealkylation sites (tertiary alicyclic amines) is 1. The van der Waals surface area contributed by atoms with Crippen molar-refractivity contribution in [1.29, 1.82) is 0 Å². The van der Waals surface area contributed by atoms with Crippen molar-refractivity contribution in [3.63, 3.8) is 0 Å². The summed E-state index contributed by atoms with van der Waals surface area (Å²) < 4.78 is 0. The van der Waals surface area contributed by atoms with E-state index in [0.29, 0.717) is 13.0 Å². The van der Waals surface area contributed by atoms with E-state index in [1.165, 1.54) is 25.4 Å². The molecule has 12 nitrogen and oxygen atoms in total. The van der Waals surface area contributed by atoms with Crippen molar-refractivity contribution in [2.75, 3.05) is 13.1 Å². The van der Waals surface area contributed by atoms with Crippen LogP contribution in [0.5, 0.6) is 0 Å². The first kappa shape index (κ1) is 33.1. The number of carbonyl (C=O) groups is 5. The maximum absolute atomic E-state index is 13.7. The SMILES string of the molecule is C=CCNC(=O)C(=O)C(C)NN=CC1CCCN1C(=O)C(NC(=O)NC(C(=O)c1ccccn1)C(C)C)C(C)(C)C. The van der Waals surface area contributed by atoms with Gasteiger partial charge in [0.1, 0.15) is 17.8 Å². The molecule has 0 aliphatic carbocycles. The quantitative estimate of drug-likeness (QED) is 0.0926. The fourth-order valence-corrected chi connectivity index (χ4v) is 4.30. The van der Waals surface area contributed by atoms with Gasteiger partial charge in [-0.2, -0.15) is 5.10 Å². The molecule has 1 aliphatic heterocycles. The van der Waals surface area contributed by atoms with Gasteiger partial charge in [0.15, 0.2) is 0 Å². The number of aromatic nitrogens is 1. The lowest BCUT2D eigenvalue weighted by atomic mass is 9.85. The number of nitrogens with one attached hydrogen (secondary N) is 4. The standard InChI is InChI=1S/C29H43N7O5/c1-8-14-31-26(39)23(37)19(4)35-32-17-20-12-11-16-36(20)27(40)25(29(5,6)7)34-28(41)33-22(18(2)3)24(38)21-13-9-10-15-30-21/h8-10,13,15,17-20,22,25,35H,1,11-12,14,16H2,2-7H3,(H,31,39)(H2,33,34,41).